The molecule has 0 saturated heterocycles. The second kappa shape index (κ2) is 8.36. The van der Waals surface area contributed by atoms with Crippen molar-refractivity contribution < 1.29 is 35.9 Å². The summed E-state index contributed by atoms with van der Waals surface area (Å²) in [5.74, 6) is -1.50. The number of nitrogens with one attached hydrogen (secondary N) is 1. The SMILES string of the molecule is COc1cc(=O)n(-c2ccccc2)nc1C(=O)Nc1cc(C(F)(F)F)cc(C(F)(F)F)c1. The van der Waals surface area contributed by atoms with E-state index < -0.39 is 46.3 Å². The van der Waals surface area contributed by atoms with E-state index >= 15 is 0 Å². The Bertz CT molecular complexity index is 1170. The van der Waals surface area contributed by atoms with E-state index in [1.807, 2.05) is 5.32 Å². The van der Waals surface area contributed by atoms with Crippen LogP contribution in [-0.2, 0) is 12.4 Å². The molecule has 0 spiro atoms. The van der Waals surface area contributed by atoms with Crippen molar-refractivity contribution in [1.29, 1.82) is 0 Å². The van der Waals surface area contributed by atoms with Gasteiger partial charge in [-0.15, -0.1) is 0 Å². The van der Waals surface area contributed by atoms with Gasteiger partial charge in [-0.2, -0.15) is 36.1 Å². The smallest absolute Gasteiger partial charge is 0.416 e. The normalized spacial score (nSPS) is 11.8. The Hall–Kier alpha value is -3.83. The number of methoxy groups -OCH3 is 1. The van der Waals surface area contributed by atoms with Crippen LogP contribution in [0.1, 0.15) is 21.6 Å². The summed E-state index contributed by atoms with van der Waals surface area (Å²) in [6.45, 7) is 0. The maximum absolute atomic E-state index is 13.0. The van der Waals surface area contributed by atoms with Crippen LogP contribution < -0.4 is 15.6 Å². The van der Waals surface area contributed by atoms with Crippen molar-refractivity contribution in [2.45, 2.75) is 12.4 Å². The highest BCUT2D eigenvalue weighted by molar-refractivity contribution is 6.04. The van der Waals surface area contributed by atoms with Crippen molar-refractivity contribution >= 4 is 11.6 Å². The molecule has 0 bridgehead atoms. The van der Waals surface area contributed by atoms with Gasteiger partial charge in [-0.1, -0.05) is 18.2 Å². The standard InChI is InChI=1S/C20H13F6N3O3/c1-32-15-10-16(30)29(14-5-3-2-4-6-14)28-17(15)18(31)27-13-8-11(19(21,22)23)7-12(9-13)20(24,25)26/h2-10H,1H3,(H,27,31). The average Bonchev–Trinajstić information content (AvgIpc) is 2.72. The number of carbonyl (C=O) groups excluding carboxylic acids is 1. The zero-order chi connectivity index (χ0) is 23.7. The molecule has 12 heteroatoms. The average molecular weight is 457 g/mol. The van der Waals surface area contributed by atoms with Crippen LogP contribution in [0, 0.1) is 0 Å². The number of para-hydroxylation sites is 1. The Morgan fingerprint density at radius 2 is 1.50 bits per heavy atom. The molecule has 1 heterocycles. The number of nitrogens with zero attached hydrogens (tertiary/aromatic N) is 2. The van der Waals surface area contributed by atoms with Crippen LogP contribution in [0.3, 0.4) is 0 Å². The Morgan fingerprint density at radius 3 is 2.00 bits per heavy atom. The summed E-state index contributed by atoms with van der Waals surface area (Å²) in [5, 5.41) is 5.83. The second-order valence-electron chi connectivity index (χ2n) is 6.40. The molecule has 0 radical (unpaired) electrons. The fourth-order valence-electron chi connectivity index (χ4n) is 2.72. The Morgan fingerprint density at radius 1 is 0.938 bits per heavy atom. The summed E-state index contributed by atoms with van der Waals surface area (Å²) in [5.41, 5.74) is -4.90. The number of ether oxygens (including phenoxy) is 1. The van der Waals surface area contributed by atoms with E-state index in [1.165, 1.54) is 12.1 Å². The first-order valence-corrected chi connectivity index (χ1v) is 8.75. The van der Waals surface area contributed by atoms with Gasteiger partial charge in [-0.05, 0) is 30.3 Å². The van der Waals surface area contributed by atoms with Crippen LogP contribution in [0.2, 0.25) is 0 Å². The van der Waals surface area contributed by atoms with Gasteiger partial charge in [0.05, 0.1) is 30.0 Å². The van der Waals surface area contributed by atoms with Gasteiger partial charge < -0.3 is 10.1 Å². The lowest BCUT2D eigenvalue weighted by atomic mass is 10.1. The van der Waals surface area contributed by atoms with E-state index in [4.69, 9.17) is 4.74 Å². The van der Waals surface area contributed by atoms with Crippen LogP contribution in [0.25, 0.3) is 5.69 Å². The minimum absolute atomic E-state index is 0.0654. The molecular formula is C20H13F6N3O3. The molecular weight excluding hydrogens is 444 g/mol. The molecule has 1 amide bonds. The quantitative estimate of drug-likeness (QED) is 0.585. The minimum Gasteiger partial charge on any atom is -0.494 e. The fourth-order valence-corrected chi connectivity index (χ4v) is 2.72. The number of hydrogen-bond acceptors (Lipinski definition) is 4. The molecule has 0 unspecified atom stereocenters. The van der Waals surface area contributed by atoms with Gasteiger partial charge in [0.2, 0.25) is 0 Å². The van der Waals surface area contributed by atoms with Crippen LogP contribution in [0.4, 0.5) is 32.0 Å². The number of amides is 1. The number of alkyl halides is 6. The van der Waals surface area contributed by atoms with Crippen LogP contribution in [-0.4, -0.2) is 22.8 Å². The number of carbonyl (C=O) groups is 1. The lowest BCUT2D eigenvalue weighted by Crippen LogP contribution is -2.26. The summed E-state index contributed by atoms with van der Waals surface area (Å²) >= 11 is 0. The maximum atomic E-state index is 13.0. The summed E-state index contributed by atoms with van der Waals surface area (Å²) < 4.78 is 84.1. The molecule has 168 valence electrons. The van der Waals surface area contributed by atoms with Crippen molar-refractivity contribution in [2.24, 2.45) is 0 Å². The molecule has 0 saturated carbocycles. The van der Waals surface area contributed by atoms with E-state index in [9.17, 15) is 35.9 Å². The molecule has 0 fully saturated rings. The number of rotatable bonds is 4. The molecule has 6 nitrogen and oxygen atoms in total. The van der Waals surface area contributed by atoms with E-state index in [0.29, 0.717) is 12.1 Å². The molecule has 3 rings (SSSR count). The molecule has 0 aliphatic rings. The lowest BCUT2D eigenvalue weighted by molar-refractivity contribution is -0.143. The molecule has 1 aromatic heterocycles. The third-order valence-electron chi connectivity index (χ3n) is 4.18. The first kappa shape index (κ1) is 22.8. The summed E-state index contributed by atoms with van der Waals surface area (Å²) in [6.07, 6.45) is -10.2. The van der Waals surface area contributed by atoms with Gasteiger partial charge in [0, 0.05) is 5.69 Å². The highest BCUT2D eigenvalue weighted by Crippen LogP contribution is 2.37. The molecule has 32 heavy (non-hydrogen) atoms. The highest BCUT2D eigenvalue weighted by Gasteiger charge is 2.37. The largest absolute Gasteiger partial charge is 0.494 e. The lowest BCUT2D eigenvalue weighted by Gasteiger charge is -2.15. The van der Waals surface area contributed by atoms with Gasteiger partial charge in [0.15, 0.2) is 11.4 Å². The van der Waals surface area contributed by atoms with Crippen molar-refractivity contribution in [3.8, 4) is 11.4 Å². The van der Waals surface area contributed by atoms with E-state index in [-0.39, 0.29) is 17.5 Å². The number of aromatic nitrogens is 2. The van der Waals surface area contributed by atoms with Gasteiger partial charge in [-0.25, -0.2) is 0 Å². The van der Waals surface area contributed by atoms with Gasteiger partial charge in [0.1, 0.15) is 0 Å². The van der Waals surface area contributed by atoms with Crippen LogP contribution >= 0.6 is 0 Å². The van der Waals surface area contributed by atoms with Crippen molar-refractivity contribution in [1.82, 2.24) is 9.78 Å². The van der Waals surface area contributed by atoms with E-state index in [0.717, 1.165) is 17.9 Å². The first-order valence-electron chi connectivity index (χ1n) is 8.75. The van der Waals surface area contributed by atoms with Crippen LogP contribution in [0.15, 0.2) is 59.4 Å². The molecule has 1 N–H and O–H groups in total. The number of anilines is 1. The molecule has 3 aromatic rings. The Balaban J connectivity index is 2.06. The zero-order valence-corrected chi connectivity index (χ0v) is 16.1. The molecule has 0 atom stereocenters. The van der Waals surface area contributed by atoms with Gasteiger partial charge >= 0.3 is 12.4 Å². The summed E-state index contributed by atoms with van der Waals surface area (Å²) in [6, 6.07) is 9.42. The number of benzene rings is 2. The van der Waals surface area contributed by atoms with E-state index in [2.05, 4.69) is 5.10 Å². The van der Waals surface area contributed by atoms with Gasteiger partial charge in [-0.3, -0.25) is 9.59 Å². The monoisotopic (exact) mass is 457 g/mol. The number of hydrogen-bond donors (Lipinski definition) is 1. The third kappa shape index (κ3) is 4.90. The molecule has 2 aromatic carbocycles. The fraction of sp³-hybridized carbons (Fsp3) is 0.150. The zero-order valence-electron chi connectivity index (χ0n) is 16.1. The predicted molar refractivity (Wildman–Crippen MR) is 101 cm³/mol. The summed E-state index contributed by atoms with van der Waals surface area (Å²) in [7, 11) is 1.12. The van der Waals surface area contributed by atoms with Crippen LogP contribution in [0.5, 0.6) is 5.75 Å². The minimum atomic E-state index is -5.09. The molecule has 0 aliphatic heterocycles. The number of halogens is 6. The topological polar surface area (TPSA) is 73.2 Å². The highest BCUT2D eigenvalue weighted by atomic mass is 19.4. The Kier molecular flexibility index (Phi) is 5.97. The maximum Gasteiger partial charge on any atom is 0.416 e. The summed E-state index contributed by atoms with van der Waals surface area (Å²) in [4.78, 5) is 25.0. The Labute approximate surface area is 176 Å². The second-order valence-corrected chi connectivity index (χ2v) is 6.40. The predicted octanol–water partition coefficient (Wildman–Crippen LogP) is 4.53. The van der Waals surface area contributed by atoms with Crippen molar-refractivity contribution in [2.75, 3.05) is 12.4 Å². The molecule has 0 aliphatic carbocycles. The van der Waals surface area contributed by atoms with Gasteiger partial charge in [0.25, 0.3) is 11.5 Å². The first-order chi connectivity index (χ1) is 14.9. The van der Waals surface area contributed by atoms with Crippen molar-refractivity contribution in [3.05, 3.63) is 81.8 Å². The van der Waals surface area contributed by atoms with Crippen molar-refractivity contribution in [3.63, 3.8) is 0 Å². The van der Waals surface area contributed by atoms with E-state index in [1.54, 1.807) is 18.2 Å². The third-order valence-corrected chi connectivity index (χ3v) is 4.18.